The van der Waals surface area contributed by atoms with Crippen LogP contribution in [0.4, 0.5) is 8.78 Å². The van der Waals surface area contributed by atoms with Gasteiger partial charge in [-0.25, -0.2) is 17.2 Å². The maximum Gasteiger partial charge on any atom is 0.240 e. The van der Waals surface area contributed by atoms with Crippen molar-refractivity contribution in [3.8, 4) is 0 Å². The second-order valence-corrected chi connectivity index (χ2v) is 8.22. The number of amides is 1. The molecule has 1 amide bonds. The highest BCUT2D eigenvalue weighted by atomic mass is 32.2. The monoisotopic (exact) mass is 367 g/mol. The number of carbonyl (C=O) groups excluding carboxylic acids is 1. The summed E-state index contributed by atoms with van der Waals surface area (Å²) in [6, 6.07) is 10.9. The molecular formula is C18H19F2NO3S. The molecule has 0 aliphatic carbocycles. The second-order valence-electron chi connectivity index (χ2n) is 5.90. The average Bonchev–Trinajstić information content (AvgIpc) is 2.55. The van der Waals surface area contributed by atoms with E-state index in [1.807, 2.05) is 0 Å². The number of carbonyl (C=O) groups is 1. The van der Waals surface area contributed by atoms with Gasteiger partial charge in [-0.05, 0) is 42.3 Å². The van der Waals surface area contributed by atoms with E-state index in [1.54, 1.807) is 6.07 Å². The van der Waals surface area contributed by atoms with Gasteiger partial charge in [0.05, 0.1) is 5.75 Å². The number of halogens is 2. The zero-order chi connectivity index (χ0) is 18.6. The minimum absolute atomic E-state index is 0.104. The molecule has 0 aliphatic heterocycles. The lowest BCUT2D eigenvalue weighted by Gasteiger charge is -2.21. The molecule has 0 saturated heterocycles. The molecule has 0 heterocycles. The molecule has 0 bridgehead atoms. The summed E-state index contributed by atoms with van der Waals surface area (Å²) < 4.78 is 51.0. The van der Waals surface area contributed by atoms with Crippen molar-refractivity contribution in [2.75, 3.05) is 7.05 Å². The third-order valence-electron chi connectivity index (χ3n) is 3.85. The smallest absolute Gasteiger partial charge is 0.240 e. The Kier molecular flexibility index (Phi) is 5.89. The first kappa shape index (κ1) is 19.1. The zero-order valence-electron chi connectivity index (χ0n) is 13.9. The minimum atomic E-state index is -3.76. The van der Waals surface area contributed by atoms with E-state index in [0.29, 0.717) is 11.1 Å². The maximum absolute atomic E-state index is 13.2. The minimum Gasteiger partial charge on any atom is -0.340 e. The third-order valence-corrected chi connectivity index (χ3v) is 5.87. The molecule has 25 heavy (non-hydrogen) atoms. The van der Waals surface area contributed by atoms with Crippen molar-refractivity contribution < 1.29 is 22.0 Å². The second kappa shape index (κ2) is 7.74. The summed E-state index contributed by atoms with van der Waals surface area (Å²) in [6.07, 6.45) is 0. The molecule has 0 saturated carbocycles. The van der Waals surface area contributed by atoms with Crippen molar-refractivity contribution in [3.63, 3.8) is 0 Å². The highest BCUT2D eigenvalue weighted by Gasteiger charge is 2.30. The summed E-state index contributed by atoms with van der Waals surface area (Å²) in [6.45, 7) is 1.43. The Labute approximate surface area is 146 Å². The van der Waals surface area contributed by atoms with Crippen molar-refractivity contribution in [2.24, 2.45) is 0 Å². The Balaban J connectivity index is 2.07. The number of hydrogen-bond donors (Lipinski definition) is 0. The number of sulfone groups is 1. The summed E-state index contributed by atoms with van der Waals surface area (Å²) in [5.74, 6) is -1.81. The molecule has 2 aromatic carbocycles. The normalized spacial score (nSPS) is 12.6. The molecule has 0 fully saturated rings. The third kappa shape index (κ3) is 5.09. The number of hydrogen-bond acceptors (Lipinski definition) is 3. The van der Waals surface area contributed by atoms with Gasteiger partial charge < -0.3 is 4.90 Å². The fraction of sp³-hybridized carbons (Fsp3) is 0.278. The molecule has 0 aliphatic rings. The van der Waals surface area contributed by atoms with Crippen LogP contribution in [-0.4, -0.2) is 31.5 Å². The lowest BCUT2D eigenvalue weighted by Crippen LogP contribution is -2.39. The standard InChI is InChI=1S/C18H19F2NO3S/c1-13(25(23,24)12-14-6-8-16(19)9-7-14)18(22)21(2)11-15-4-3-5-17(20)10-15/h3-10,13H,11-12H2,1-2H3. The average molecular weight is 367 g/mol. The molecule has 2 aromatic rings. The van der Waals surface area contributed by atoms with Gasteiger partial charge >= 0.3 is 0 Å². The van der Waals surface area contributed by atoms with Gasteiger partial charge in [0.2, 0.25) is 5.91 Å². The molecule has 1 atom stereocenters. The van der Waals surface area contributed by atoms with Gasteiger partial charge in [0.15, 0.2) is 9.84 Å². The van der Waals surface area contributed by atoms with Crippen LogP contribution in [-0.2, 0) is 26.9 Å². The zero-order valence-corrected chi connectivity index (χ0v) is 14.8. The summed E-state index contributed by atoms with van der Waals surface area (Å²) in [5.41, 5.74) is 0.979. The van der Waals surface area contributed by atoms with Crippen LogP contribution in [0, 0.1) is 11.6 Å². The first-order chi connectivity index (χ1) is 11.7. The molecule has 0 aromatic heterocycles. The van der Waals surface area contributed by atoms with Gasteiger partial charge in [0.25, 0.3) is 0 Å². The van der Waals surface area contributed by atoms with E-state index in [4.69, 9.17) is 0 Å². The van der Waals surface area contributed by atoms with Crippen molar-refractivity contribution in [1.82, 2.24) is 4.90 Å². The Morgan fingerprint density at radius 3 is 2.28 bits per heavy atom. The van der Waals surface area contributed by atoms with Gasteiger partial charge in [0.1, 0.15) is 16.9 Å². The largest absolute Gasteiger partial charge is 0.340 e. The van der Waals surface area contributed by atoms with Crippen molar-refractivity contribution >= 4 is 15.7 Å². The van der Waals surface area contributed by atoms with Crippen LogP contribution in [0.5, 0.6) is 0 Å². The Morgan fingerprint density at radius 1 is 1.04 bits per heavy atom. The van der Waals surface area contributed by atoms with Crippen LogP contribution in [0.2, 0.25) is 0 Å². The fourth-order valence-corrected chi connectivity index (χ4v) is 3.78. The van der Waals surface area contributed by atoms with Crippen LogP contribution in [0.15, 0.2) is 48.5 Å². The summed E-state index contributed by atoms with van der Waals surface area (Å²) in [5, 5.41) is -1.25. The lowest BCUT2D eigenvalue weighted by molar-refractivity contribution is -0.129. The molecule has 0 radical (unpaired) electrons. The van der Waals surface area contributed by atoms with E-state index in [0.717, 1.165) is 0 Å². The predicted octanol–water partition coefficient (Wildman–Crippen LogP) is 2.93. The highest BCUT2D eigenvalue weighted by molar-refractivity contribution is 7.92. The van der Waals surface area contributed by atoms with Crippen LogP contribution in [0.3, 0.4) is 0 Å². The number of nitrogens with zero attached hydrogens (tertiary/aromatic N) is 1. The molecule has 1 unspecified atom stereocenters. The van der Waals surface area contributed by atoms with Crippen LogP contribution < -0.4 is 0 Å². The van der Waals surface area contributed by atoms with E-state index < -0.39 is 32.6 Å². The molecule has 7 heteroatoms. The SMILES string of the molecule is CC(C(=O)N(C)Cc1cccc(F)c1)S(=O)(=O)Cc1ccc(F)cc1. The molecule has 0 N–H and O–H groups in total. The van der Waals surface area contributed by atoms with E-state index >= 15 is 0 Å². The number of benzene rings is 2. The Morgan fingerprint density at radius 2 is 1.68 bits per heavy atom. The Bertz CT molecular complexity index is 851. The van der Waals surface area contributed by atoms with E-state index in [2.05, 4.69) is 0 Å². The summed E-state index contributed by atoms with van der Waals surface area (Å²) in [7, 11) is -2.29. The van der Waals surface area contributed by atoms with Crippen molar-refractivity contribution in [1.29, 1.82) is 0 Å². The topological polar surface area (TPSA) is 54.5 Å². The predicted molar refractivity (Wildman–Crippen MR) is 91.4 cm³/mol. The molecule has 2 rings (SSSR count). The summed E-state index contributed by atoms with van der Waals surface area (Å²) in [4.78, 5) is 13.7. The van der Waals surface area contributed by atoms with Gasteiger partial charge in [-0.1, -0.05) is 24.3 Å². The van der Waals surface area contributed by atoms with Crippen LogP contribution in [0.1, 0.15) is 18.1 Å². The van der Waals surface area contributed by atoms with Gasteiger partial charge in [0, 0.05) is 13.6 Å². The maximum atomic E-state index is 13.2. The van der Waals surface area contributed by atoms with E-state index in [-0.39, 0.29) is 12.3 Å². The molecule has 0 spiro atoms. The summed E-state index contributed by atoms with van der Waals surface area (Å²) >= 11 is 0. The lowest BCUT2D eigenvalue weighted by atomic mass is 10.2. The van der Waals surface area contributed by atoms with Crippen LogP contribution in [0.25, 0.3) is 0 Å². The van der Waals surface area contributed by atoms with Crippen LogP contribution >= 0.6 is 0 Å². The first-order valence-electron chi connectivity index (χ1n) is 7.64. The first-order valence-corrected chi connectivity index (χ1v) is 9.36. The molecule has 134 valence electrons. The number of rotatable bonds is 6. The van der Waals surface area contributed by atoms with Crippen molar-refractivity contribution in [3.05, 3.63) is 71.3 Å². The quantitative estimate of drug-likeness (QED) is 0.789. The highest BCUT2D eigenvalue weighted by Crippen LogP contribution is 2.15. The van der Waals surface area contributed by atoms with Crippen molar-refractivity contribution in [2.45, 2.75) is 24.5 Å². The van der Waals surface area contributed by atoms with Gasteiger partial charge in [-0.3, -0.25) is 4.79 Å². The van der Waals surface area contributed by atoms with Gasteiger partial charge in [-0.2, -0.15) is 0 Å². The molecule has 4 nitrogen and oxygen atoms in total. The van der Waals surface area contributed by atoms with Gasteiger partial charge in [-0.15, -0.1) is 0 Å². The Hall–Kier alpha value is -2.28. The van der Waals surface area contributed by atoms with E-state index in [9.17, 15) is 22.0 Å². The fourth-order valence-electron chi connectivity index (χ4n) is 2.39. The van der Waals surface area contributed by atoms with E-state index in [1.165, 1.54) is 61.3 Å². The molecular weight excluding hydrogens is 348 g/mol.